The average molecular weight is 423 g/mol. The molecule has 164 valence electrons. The van der Waals surface area contributed by atoms with Crippen LogP contribution in [0.2, 0.25) is 0 Å². The number of rotatable bonds is 12. The number of hydrogen-bond acceptors (Lipinski definition) is 1. The van der Waals surface area contributed by atoms with Gasteiger partial charge >= 0.3 is 0 Å². The van der Waals surface area contributed by atoms with Crippen molar-refractivity contribution >= 4 is 0 Å². The molecule has 0 heterocycles. The van der Waals surface area contributed by atoms with Crippen LogP contribution in [0.3, 0.4) is 0 Å². The monoisotopic (exact) mass is 422 g/mol. The lowest BCUT2D eigenvalue weighted by Crippen LogP contribution is -2.15. The molecule has 0 amide bonds. The van der Waals surface area contributed by atoms with Gasteiger partial charge in [0.25, 0.3) is 0 Å². The van der Waals surface area contributed by atoms with Gasteiger partial charge in [0.05, 0.1) is 6.10 Å². The van der Waals surface area contributed by atoms with E-state index in [1.807, 2.05) is 13.8 Å². The zero-order valence-electron chi connectivity index (χ0n) is 18.2. The molecule has 5 heteroatoms. The molecule has 0 fully saturated rings. The second kappa shape index (κ2) is 12.1. The van der Waals surface area contributed by atoms with E-state index in [0.29, 0.717) is 6.61 Å². The van der Waals surface area contributed by atoms with E-state index in [2.05, 4.69) is 39.5 Å². The van der Waals surface area contributed by atoms with Gasteiger partial charge in [-0.25, -0.2) is 17.6 Å². The first-order valence-corrected chi connectivity index (χ1v) is 9.24. The Morgan fingerprint density at radius 2 is 1.13 bits per heavy atom. The Hall–Kier alpha value is -2.66. The Labute approximate surface area is 177 Å². The first kappa shape index (κ1) is 27.3. The molecule has 1 atom stereocenters. The molecule has 0 aliphatic rings. The predicted molar refractivity (Wildman–Crippen MR) is 118 cm³/mol. The maximum absolute atomic E-state index is 14.5. The SMILES string of the molecule is C=C(/C=C\C(=C)C(=C)/C(F)=C(/F)C(=C)C(C)OCC(C)C)C(=C)/C(F)=C(/F)C(=C)C. The third-order valence-electron chi connectivity index (χ3n) is 4.00. The summed E-state index contributed by atoms with van der Waals surface area (Å²) in [7, 11) is 0. The van der Waals surface area contributed by atoms with Crippen molar-refractivity contribution in [3.05, 3.63) is 108 Å². The van der Waals surface area contributed by atoms with E-state index >= 15 is 0 Å². The van der Waals surface area contributed by atoms with Crippen molar-refractivity contribution in [2.24, 2.45) is 5.92 Å². The fourth-order valence-corrected chi connectivity index (χ4v) is 1.89. The minimum atomic E-state index is -1.24. The van der Waals surface area contributed by atoms with Gasteiger partial charge in [-0.1, -0.05) is 65.5 Å². The Bertz CT molecular complexity index is 850. The largest absolute Gasteiger partial charge is 0.373 e. The summed E-state index contributed by atoms with van der Waals surface area (Å²) >= 11 is 0. The number of allylic oxidation sites excluding steroid dienone is 10. The predicted octanol–water partition coefficient (Wildman–Crippen LogP) is 8.26. The van der Waals surface area contributed by atoms with Crippen LogP contribution in [0.15, 0.2) is 108 Å². The average Bonchev–Trinajstić information content (AvgIpc) is 2.71. The van der Waals surface area contributed by atoms with Gasteiger partial charge in [0.15, 0.2) is 23.3 Å². The molecule has 1 nitrogen and oxygen atoms in total. The summed E-state index contributed by atoms with van der Waals surface area (Å²) in [6, 6.07) is 0. The van der Waals surface area contributed by atoms with Gasteiger partial charge in [0.1, 0.15) is 0 Å². The van der Waals surface area contributed by atoms with Gasteiger partial charge in [-0.2, -0.15) is 0 Å². The highest BCUT2D eigenvalue weighted by Gasteiger charge is 2.19. The van der Waals surface area contributed by atoms with Crippen LogP contribution in [0.1, 0.15) is 27.7 Å². The summed E-state index contributed by atoms with van der Waals surface area (Å²) in [5.41, 5.74) is -0.878. The quantitative estimate of drug-likeness (QED) is 0.227. The van der Waals surface area contributed by atoms with Crippen molar-refractivity contribution < 1.29 is 22.3 Å². The van der Waals surface area contributed by atoms with Crippen LogP contribution in [0.5, 0.6) is 0 Å². The molecule has 0 spiro atoms. The lowest BCUT2D eigenvalue weighted by atomic mass is 10.0. The summed E-state index contributed by atoms with van der Waals surface area (Å²) in [5, 5.41) is 0. The van der Waals surface area contributed by atoms with E-state index in [0.717, 1.165) is 0 Å². The van der Waals surface area contributed by atoms with Crippen molar-refractivity contribution in [3.8, 4) is 0 Å². The van der Waals surface area contributed by atoms with Crippen LogP contribution in [-0.4, -0.2) is 12.7 Å². The molecular weight excluding hydrogens is 392 g/mol. The summed E-state index contributed by atoms with van der Waals surface area (Å²) in [6.45, 7) is 28.1. The second-order valence-corrected chi connectivity index (χ2v) is 7.27. The summed E-state index contributed by atoms with van der Waals surface area (Å²) in [5.74, 6) is -4.54. The lowest BCUT2D eigenvalue weighted by molar-refractivity contribution is 0.0690. The molecule has 0 aromatic carbocycles. The van der Waals surface area contributed by atoms with Crippen molar-refractivity contribution in [1.82, 2.24) is 0 Å². The maximum atomic E-state index is 14.5. The summed E-state index contributed by atoms with van der Waals surface area (Å²) in [6.07, 6.45) is 1.77. The number of ether oxygens (including phenoxy) is 1. The van der Waals surface area contributed by atoms with E-state index in [1.165, 1.54) is 19.1 Å². The molecule has 0 bridgehead atoms. The van der Waals surface area contributed by atoms with E-state index in [4.69, 9.17) is 4.74 Å². The summed E-state index contributed by atoms with van der Waals surface area (Å²) in [4.78, 5) is 0. The molecule has 30 heavy (non-hydrogen) atoms. The van der Waals surface area contributed by atoms with Crippen LogP contribution < -0.4 is 0 Å². The highest BCUT2D eigenvalue weighted by molar-refractivity contribution is 5.54. The zero-order chi connectivity index (χ0) is 23.8. The van der Waals surface area contributed by atoms with Gasteiger partial charge in [-0.05, 0) is 36.5 Å². The minimum absolute atomic E-state index is 0.00455. The lowest BCUT2D eigenvalue weighted by Gasteiger charge is -2.17. The van der Waals surface area contributed by atoms with Crippen molar-refractivity contribution in [1.29, 1.82) is 0 Å². The first-order valence-electron chi connectivity index (χ1n) is 9.24. The van der Waals surface area contributed by atoms with E-state index < -0.39 is 29.4 Å². The van der Waals surface area contributed by atoms with Gasteiger partial charge < -0.3 is 4.74 Å². The van der Waals surface area contributed by atoms with Crippen LogP contribution in [0, 0.1) is 5.92 Å². The Kier molecular flexibility index (Phi) is 11.1. The smallest absolute Gasteiger partial charge is 0.166 e. The molecule has 0 aliphatic heterocycles. The van der Waals surface area contributed by atoms with Gasteiger partial charge in [0, 0.05) is 23.3 Å². The molecule has 0 aromatic heterocycles. The fraction of sp³-hybridized carbons (Fsp3) is 0.280. The van der Waals surface area contributed by atoms with Gasteiger partial charge in [-0.15, -0.1) is 0 Å². The van der Waals surface area contributed by atoms with Crippen molar-refractivity contribution in [2.45, 2.75) is 33.8 Å². The van der Waals surface area contributed by atoms with Crippen LogP contribution in [0.25, 0.3) is 0 Å². The van der Waals surface area contributed by atoms with Gasteiger partial charge in [0.2, 0.25) is 0 Å². The number of hydrogen-bond donors (Lipinski definition) is 0. The minimum Gasteiger partial charge on any atom is -0.373 e. The molecule has 1 unspecified atom stereocenters. The summed E-state index contributed by atoms with van der Waals surface area (Å²) < 4.78 is 61.9. The first-order chi connectivity index (χ1) is 13.7. The highest BCUT2D eigenvalue weighted by Crippen LogP contribution is 2.30. The van der Waals surface area contributed by atoms with Crippen LogP contribution in [0.4, 0.5) is 17.6 Å². The third-order valence-corrected chi connectivity index (χ3v) is 4.00. The molecule has 0 aromatic rings. The van der Waals surface area contributed by atoms with E-state index in [1.54, 1.807) is 6.92 Å². The molecule has 0 rings (SSSR count). The standard InChI is InChI=1S/C25H30F4O/c1-14(2)13-30-21(10)20(9)25(29)24(28)19(8)17(6)12-11-16(5)18(7)23(27)22(26)15(3)4/h11-12,14,21H,3,5-9,13H2,1-2,4,10H3/b12-11-,23-22-,25-24-. The van der Waals surface area contributed by atoms with E-state index in [-0.39, 0.29) is 39.4 Å². The Balaban J connectivity index is 5.34. The van der Waals surface area contributed by atoms with Crippen molar-refractivity contribution in [2.75, 3.05) is 6.61 Å². The normalized spacial score (nSPS) is 14.2. The number of halogens is 4. The molecule has 0 saturated carbocycles. The van der Waals surface area contributed by atoms with Crippen molar-refractivity contribution in [3.63, 3.8) is 0 Å². The molecular formula is C25H30F4O. The van der Waals surface area contributed by atoms with E-state index in [9.17, 15) is 17.6 Å². The molecule has 0 saturated heterocycles. The Morgan fingerprint density at radius 3 is 1.50 bits per heavy atom. The van der Waals surface area contributed by atoms with Crippen LogP contribution >= 0.6 is 0 Å². The Morgan fingerprint density at radius 1 is 0.733 bits per heavy atom. The molecule has 0 N–H and O–H groups in total. The van der Waals surface area contributed by atoms with Gasteiger partial charge in [-0.3, -0.25) is 0 Å². The highest BCUT2D eigenvalue weighted by atomic mass is 19.2. The zero-order valence-corrected chi connectivity index (χ0v) is 18.2. The topological polar surface area (TPSA) is 9.23 Å². The second-order valence-electron chi connectivity index (χ2n) is 7.27. The molecule has 0 aliphatic carbocycles. The fourth-order valence-electron chi connectivity index (χ4n) is 1.89. The van der Waals surface area contributed by atoms with Crippen LogP contribution in [-0.2, 0) is 4.74 Å². The maximum Gasteiger partial charge on any atom is 0.166 e. The molecule has 0 radical (unpaired) electrons. The third kappa shape index (κ3) is 7.99.